The van der Waals surface area contributed by atoms with Crippen molar-refractivity contribution in [3.8, 4) is 0 Å². The Morgan fingerprint density at radius 3 is 3.00 bits per heavy atom. The molecular formula is C8H12Te. The molecule has 0 spiro atoms. The van der Waals surface area contributed by atoms with Gasteiger partial charge in [-0.1, -0.05) is 0 Å². The van der Waals surface area contributed by atoms with E-state index in [9.17, 15) is 0 Å². The minimum atomic E-state index is 0.187. The van der Waals surface area contributed by atoms with Gasteiger partial charge in [0.2, 0.25) is 0 Å². The van der Waals surface area contributed by atoms with Gasteiger partial charge in [-0.2, -0.15) is 0 Å². The van der Waals surface area contributed by atoms with Gasteiger partial charge in [-0.15, -0.1) is 0 Å². The molecule has 0 saturated carbocycles. The molecule has 0 nitrogen and oxygen atoms in total. The first-order valence-electron chi connectivity index (χ1n) is 3.46. The predicted octanol–water partition coefficient (Wildman–Crippen LogP) is 2.09. The average molecular weight is 236 g/mol. The van der Waals surface area contributed by atoms with E-state index < -0.39 is 0 Å². The summed E-state index contributed by atoms with van der Waals surface area (Å²) in [5.41, 5.74) is 0. The summed E-state index contributed by atoms with van der Waals surface area (Å²) >= 11 is 0.187. The van der Waals surface area contributed by atoms with Crippen molar-refractivity contribution in [2.24, 2.45) is 0 Å². The molecule has 1 aromatic rings. The van der Waals surface area contributed by atoms with E-state index in [1.54, 1.807) is 3.58 Å². The summed E-state index contributed by atoms with van der Waals surface area (Å²) < 4.78 is 4.10. The van der Waals surface area contributed by atoms with Gasteiger partial charge >= 0.3 is 66.4 Å². The molecule has 0 saturated heterocycles. The molecule has 1 heterocycles. The van der Waals surface area contributed by atoms with Crippen molar-refractivity contribution >= 4 is 20.4 Å². The van der Waals surface area contributed by atoms with Crippen LogP contribution in [-0.2, 0) is 6.42 Å². The van der Waals surface area contributed by atoms with Crippen molar-refractivity contribution in [3.05, 3.63) is 19.8 Å². The van der Waals surface area contributed by atoms with Gasteiger partial charge in [-0.05, 0) is 0 Å². The topological polar surface area (TPSA) is 0 Å². The minimum absolute atomic E-state index is 0.187. The number of hydrogen-bond donors (Lipinski definition) is 0. The second kappa shape index (κ2) is 4.14. The molecule has 0 aliphatic heterocycles. The van der Waals surface area contributed by atoms with Crippen molar-refractivity contribution in [2.75, 3.05) is 0 Å². The molecule has 0 amide bonds. The molecular weight excluding hydrogens is 224 g/mol. The Bertz CT molecular complexity index is 142. The van der Waals surface area contributed by atoms with E-state index in [1.807, 2.05) is 0 Å². The molecule has 9 heavy (non-hydrogen) atoms. The average Bonchev–Trinajstić information content (AvgIpc) is 2.34. The number of unbranched alkanes of at least 4 members (excludes halogenated alkanes) is 1. The molecule has 1 aromatic heterocycles. The summed E-state index contributed by atoms with van der Waals surface area (Å²) in [6, 6.07) is 4.52. The van der Waals surface area contributed by atoms with Gasteiger partial charge in [0, 0.05) is 0 Å². The Balaban J connectivity index is 2.30. The van der Waals surface area contributed by atoms with Crippen LogP contribution in [-0.4, -0.2) is 20.4 Å². The van der Waals surface area contributed by atoms with Crippen molar-refractivity contribution in [1.29, 1.82) is 0 Å². The molecule has 0 N–H and O–H groups in total. The first kappa shape index (κ1) is 7.38. The van der Waals surface area contributed by atoms with Crippen LogP contribution >= 0.6 is 0 Å². The summed E-state index contributed by atoms with van der Waals surface area (Å²) in [4.78, 5) is 0. The summed E-state index contributed by atoms with van der Waals surface area (Å²) in [7, 11) is 0. The fourth-order valence-corrected chi connectivity index (χ4v) is 2.95. The van der Waals surface area contributed by atoms with E-state index in [2.05, 4.69) is 23.1 Å². The van der Waals surface area contributed by atoms with Crippen LogP contribution in [0.15, 0.2) is 16.2 Å². The van der Waals surface area contributed by atoms with Crippen LogP contribution in [0.5, 0.6) is 0 Å². The van der Waals surface area contributed by atoms with Gasteiger partial charge < -0.3 is 0 Å². The molecule has 0 aliphatic rings. The van der Waals surface area contributed by atoms with Gasteiger partial charge in [0.15, 0.2) is 0 Å². The van der Waals surface area contributed by atoms with Gasteiger partial charge in [-0.3, -0.25) is 0 Å². The molecule has 0 atom stereocenters. The van der Waals surface area contributed by atoms with Gasteiger partial charge in [0.05, 0.1) is 0 Å². The maximum absolute atomic E-state index is 2.36. The third kappa shape index (κ3) is 2.56. The summed E-state index contributed by atoms with van der Waals surface area (Å²) in [6.07, 6.45) is 4.09. The van der Waals surface area contributed by atoms with Crippen LogP contribution in [0.2, 0.25) is 0 Å². The third-order valence-electron chi connectivity index (χ3n) is 1.36. The summed E-state index contributed by atoms with van der Waals surface area (Å²) in [5, 5.41) is 0. The summed E-state index contributed by atoms with van der Waals surface area (Å²) in [6.45, 7) is 2.25. The van der Waals surface area contributed by atoms with Crippen molar-refractivity contribution in [2.45, 2.75) is 26.2 Å². The standard InChI is InChI=1S/C8H12Te/c1-2-3-5-8-6-4-7-9-8/h4,6-7H,2-3,5H2,1H3. The van der Waals surface area contributed by atoms with Gasteiger partial charge in [0.1, 0.15) is 0 Å². The zero-order valence-electron chi connectivity index (χ0n) is 5.76. The van der Waals surface area contributed by atoms with Crippen LogP contribution in [0.1, 0.15) is 23.3 Å². The second-order valence-electron chi connectivity index (χ2n) is 2.18. The molecule has 50 valence electrons. The zero-order chi connectivity index (χ0) is 6.53. The van der Waals surface area contributed by atoms with Crippen LogP contribution in [0.3, 0.4) is 0 Å². The first-order chi connectivity index (χ1) is 4.43. The van der Waals surface area contributed by atoms with E-state index in [0.717, 1.165) is 0 Å². The Labute approximate surface area is 66.5 Å². The monoisotopic (exact) mass is 238 g/mol. The Morgan fingerprint density at radius 2 is 2.44 bits per heavy atom. The number of aryl methyl sites for hydroxylation is 1. The molecule has 0 bridgehead atoms. The first-order valence-corrected chi connectivity index (χ1v) is 5.97. The summed E-state index contributed by atoms with van der Waals surface area (Å²) in [5.74, 6) is 0. The molecule has 0 aromatic carbocycles. The van der Waals surface area contributed by atoms with Gasteiger partial charge in [0.25, 0.3) is 0 Å². The molecule has 1 heteroatoms. The fraction of sp³-hybridized carbons (Fsp3) is 0.500. The van der Waals surface area contributed by atoms with Crippen LogP contribution in [0.4, 0.5) is 0 Å². The van der Waals surface area contributed by atoms with Crippen LogP contribution < -0.4 is 0 Å². The van der Waals surface area contributed by atoms with Crippen LogP contribution in [0.25, 0.3) is 0 Å². The maximum atomic E-state index is 2.36. The SMILES string of the molecule is CCCCc1ccc[te]1. The Kier molecular flexibility index (Phi) is 3.40. The van der Waals surface area contributed by atoms with E-state index in [-0.39, 0.29) is 20.4 Å². The van der Waals surface area contributed by atoms with Crippen molar-refractivity contribution in [3.63, 3.8) is 0 Å². The molecule has 0 unspecified atom stereocenters. The predicted molar refractivity (Wildman–Crippen MR) is 42.0 cm³/mol. The van der Waals surface area contributed by atoms with Gasteiger partial charge in [-0.25, -0.2) is 0 Å². The van der Waals surface area contributed by atoms with Crippen molar-refractivity contribution < 1.29 is 0 Å². The Morgan fingerprint density at radius 1 is 1.56 bits per heavy atom. The normalized spacial score (nSPS) is 9.89. The molecule has 0 aliphatic carbocycles. The second-order valence-corrected chi connectivity index (χ2v) is 5.13. The van der Waals surface area contributed by atoms with E-state index in [4.69, 9.17) is 0 Å². The van der Waals surface area contributed by atoms with E-state index in [0.29, 0.717) is 0 Å². The Hall–Kier alpha value is 0.270. The fourth-order valence-electron chi connectivity index (χ4n) is 0.806. The quantitative estimate of drug-likeness (QED) is 0.704. The molecule has 0 radical (unpaired) electrons. The third-order valence-corrected chi connectivity index (χ3v) is 4.03. The zero-order valence-corrected chi connectivity index (χ0v) is 8.09. The van der Waals surface area contributed by atoms with E-state index >= 15 is 0 Å². The molecule has 1 rings (SSSR count). The number of rotatable bonds is 3. The van der Waals surface area contributed by atoms with Crippen molar-refractivity contribution in [1.82, 2.24) is 0 Å². The van der Waals surface area contributed by atoms with Crippen LogP contribution in [0, 0.1) is 0 Å². The van der Waals surface area contributed by atoms with E-state index in [1.165, 1.54) is 19.3 Å². The number of hydrogen-bond acceptors (Lipinski definition) is 0. The molecule has 0 fully saturated rings.